The van der Waals surface area contributed by atoms with E-state index in [1.54, 1.807) is 0 Å². The number of amides is 1. The summed E-state index contributed by atoms with van der Waals surface area (Å²) in [7, 11) is -2.46. The first-order chi connectivity index (χ1) is 10.3. The highest BCUT2D eigenvalue weighted by Crippen LogP contribution is 2.26. The van der Waals surface area contributed by atoms with Gasteiger partial charge in [0.25, 0.3) is 0 Å². The van der Waals surface area contributed by atoms with Crippen molar-refractivity contribution in [1.82, 2.24) is 10.0 Å². The maximum Gasteiger partial charge on any atom is 0.241 e. The van der Waals surface area contributed by atoms with Crippen LogP contribution in [0.4, 0.5) is 0 Å². The number of ether oxygens (including phenoxy) is 1. The highest BCUT2D eigenvalue weighted by atomic mass is 35.5. The Hall–Kier alpha value is -1.35. The Morgan fingerprint density at radius 3 is 2.68 bits per heavy atom. The number of carbonyl (C=O) groups excluding carboxylic acids is 1. The molecule has 0 saturated heterocycles. The summed E-state index contributed by atoms with van der Waals surface area (Å²) >= 11 is 5.90. The van der Waals surface area contributed by atoms with Crippen LogP contribution in [0.2, 0.25) is 5.02 Å². The van der Waals surface area contributed by atoms with Gasteiger partial charge in [-0.05, 0) is 31.5 Å². The first-order valence-electron chi connectivity index (χ1n) is 6.56. The van der Waals surface area contributed by atoms with Gasteiger partial charge in [0, 0.05) is 13.2 Å². The molecule has 0 fully saturated rings. The molecular weight excluding hydrogens is 332 g/mol. The van der Waals surface area contributed by atoms with E-state index in [0.29, 0.717) is 12.2 Å². The summed E-state index contributed by atoms with van der Waals surface area (Å²) in [5.74, 6) is -0.118. The highest BCUT2D eigenvalue weighted by Gasteiger charge is 2.22. The van der Waals surface area contributed by atoms with Crippen molar-refractivity contribution in [2.75, 3.05) is 20.3 Å². The van der Waals surface area contributed by atoms with Crippen LogP contribution in [0.25, 0.3) is 0 Å². The number of sulfonamides is 1. The van der Waals surface area contributed by atoms with Crippen molar-refractivity contribution in [2.24, 2.45) is 0 Å². The van der Waals surface area contributed by atoms with Crippen LogP contribution in [0.5, 0.6) is 5.75 Å². The topological polar surface area (TPSA) is 105 Å². The monoisotopic (exact) mass is 350 g/mol. The Kier molecular flexibility index (Phi) is 7.08. The molecule has 1 aromatic rings. The molecule has 1 rings (SSSR count). The van der Waals surface area contributed by atoms with Crippen molar-refractivity contribution in [1.29, 1.82) is 0 Å². The average Bonchev–Trinajstić information content (AvgIpc) is 2.46. The SMILES string of the molecule is COc1ccc(S(=O)(=O)N[C@H](C)C(=O)NCCCO)cc1Cl. The number of hydrogen-bond donors (Lipinski definition) is 3. The van der Waals surface area contributed by atoms with Crippen molar-refractivity contribution < 1.29 is 23.1 Å². The van der Waals surface area contributed by atoms with Crippen LogP contribution in [0.15, 0.2) is 23.1 Å². The number of hydrogen-bond acceptors (Lipinski definition) is 5. The molecule has 0 bridgehead atoms. The quantitative estimate of drug-likeness (QED) is 0.593. The van der Waals surface area contributed by atoms with Crippen molar-refractivity contribution in [3.05, 3.63) is 23.2 Å². The van der Waals surface area contributed by atoms with Gasteiger partial charge in [-0.15, -0.1) is 0 Å². The number of benzene rings is 1. The van der Waals surface area contributed by atoms with E-state index in [2.05, 4.69) is 10.0 Å². The van der Waals surface area contributed by atoms with E-state index in [-0.39, 0.29) is 23.1 Å². The van der Waals surface area contributed by atoms with Crippen LogP contribution in [-0.4, -0.2) is 45.7 Å². The van der Waals surface area contributed by atoms with Gasteiger partial charge in [-0.2, -0.15) is 4.72 Å². The molecule has 9 heteroatoms. The Labute approximate surface area is 134 Å². The van der Waals surface area contributed by atoms with Gasteiger partial charge in [-0.3, -0.25) is 4.79 Å². The largest absolute Gasteiger partial charge is 0.495 e. The molecule has 0 aliphatic rings. The Bertz CT molecular complexity index is 621. The van der Waals surface area contributed by atoms with Gasteiger partial charge in [-0.25, -0.2) is 8.42 Å². The van der Waals surface area contributed by atoms with E-state index < -0.39 is 22.0 Å². The lowest BCUT2D eigenvalue weighted by molar-refractivity contribution is -0.122. The highest BCUT2D eigenvalue weighted by molar-refractivity contribution is 7.89. The third-order valence-corrected chi connectivity index (χ3v) is 4.63. The zero-order valence-electron chi connectivity index (χ0n) is 12.3. The maximum absolute atomic E-state index is 12.2. The van der Waals surface area contributed by atoms with E-state index in [1.807, 2.05) is 0 Å². The molecule has 0 radical (unpaired) electrons. The predicted octanol–water partition coefficient (Wildman–Crippen LogP) is 0.514. The molecular formula is C13H19ClN2O5S. The second-order valence-electron chi connectivity index (χ2n) is 4.51. The number of halogens is 1. The molecule has 3 N–H and O–H groups in total. The molecule has 7 nitrogen and oxygen atoms in total. The van der Waals surface area contributed by atoms with Gasteiger partial charge in [-0.1, -0.05) is 11.6 Å². The molecule has 0 spiro atoms. The fourth-order valence-electron chi connectivity index (χ4n) is 1.61. The van der Waals surface area contributed by atoms with Crippen molar-refractivity contribution in [3.63, 3.8) is 0 Å². The van der Waals surface area contributed by atoms with Crippen LogP contribution < -0.4 is 14.8 Å². The Balaban J connectivity index is 2.78. The minimum absolute atomic E-state index is 0.0509. The number of carbonyl (C=O) groups is 1. The molecule has 1 aromatic carbocycles. The second-order valence-corrected chi connectivity index (χ2v) is 6.63. The van der Waals surface area contributed by atoms with Crippen LogP contribution in [0.3, 0.4) is 0 Å². The van der Waals surface area contributed by atoms with Crippen LogP contribution in [0, 0.1) is 0 Å². The summed E-state index contributed by atoms with van der Waals surface area (Å²) in [6, 6.07) is 3.07. The minimum Gasteiger partial charge on any atom is -0.495 e. The third kappa shape index (κ3) is 5.13. The molecule has 1 amide bonds. The predicted molar refractivity (Wildman–Crippen MR) is 82.5 cm³/mol. The van der Waals surface area contributed by atoms with Crippen LogP contribution in [-0.2, 0) is 14.8 Å². The van der Waals surface area contributed by atoms with E-state index in [0.717, 1.165) is 0 Å². The smallest absolute Gasteiger partial charge is 0.241 e. The van der Waals surface area contributed by atoms with Gasteiger partial charge >= 0.3 is 0 Å². The summed E-state index contributed by atoms with van der Waals surface area (Å²) in [5.41, 5.74) is 0. The van der Waals surface area contributed by atoms with Gasteiger partial charge in [0.2, 0.25) is 15.9 Å². The minimum atomic E-state index is -3.88. The maximum atomic E-state index is 12.2. The van der Waals surface area contributed by atoms with E-state index in [1.165, 1.54) is 32.2 Å². The number of nitrogens with one attached hydrogen (secondary N) is 2. The van der Waals surface area contributed by atoms with Gasteiger partial charge in [0.1, 0.15) is 5.75 Å². The zero-order chi connectivity index (χ0) is 16.8. The number of aliphatic hydroxyl groups excluding tert-OH is 1. The van der Waals surface area contributed by atoms with Crippen molar-refractivity contribution in [2.45, 2.75) is 24.3 Å². The normalized spacial score (nSPS) is 12.7. The zero-order valence-corrected chi connectivity index (χ0v) is 13.9. The molecule has 124 valence electrons. The molecule has 22 heavy (non-hydrogen) atoms. The van der Waals surface area contributed by atoms with E-state index in [4.69, 9.17) is 21.4 Å². The van der Waals surface area contributed by atoms with Crippen molar-refractivity contribution >= 4 is 27.5 Å². The fraction of sp³-hybridized carbons (Fsp3) is 0.462. The number of aliphatic hydroxyl groups is 1. The summed E-state index contributed by atoms with van der Waals surface area (Å²) in [6.45, 7) is 1.65. The van der Waals surface area contributed by atoms with Gasteiger partial charge < -0.3 is 15.2 Å². The van der Waals surface area contributed by atoms with Crippen molar-refractivity contribution in [3.8, 4) is 5.75 Å². The number of methoxy groups -OCH3 is 1. The molecule has 0 heterocycles. The molecule has 0 saturated carbocycles. The Morgan fingerprint density at radius 1 is 1.45 bits per heavy atom. The molecule has 0 aromatic heterocycles. The molecule has 0 unspecified atom stereocenters. The first-order valence-corrected chi connectivity index (χ1v) is 8.42. The summed E-state index contributed by atoms with van der Waals surface area (Å²) in [4.78, 5) is 11.7. The average molecular weight is 351 g/mol. The van der Waals surface area contributed by atoms with Gasteiger partial charge in [0.15, 0.2) is 0 Å². The lowest BCUT2D eigenvalue weighted by atomic mass is 10.3. The summed E-state index contributed by atoms with van der Waals surface area (Å²) in [5, 5.41) is 11.3. The second kappa shape index (κ2) is 8.33. The van der Waals surface area contributed by atoms with E-state index in [9.17, 15) is 13.2 Å². The van der Waals surface area contributed by atoms with Crippen LogP contribution >= 0.6 is 11.6 Å². The van der Waals surface area contributed by atoms with Crippen LogP contribution in [0.1, 0.15) is 13.3 Å². The van der Waals surface area contributed by atoms with E-state index >= 15 is 0 Å². The summed E-state index contributed by atoms with van der Waals surface area (Å²) < 4.78 is 31.6. The Morgan fingerprint density at radius 2 is 2.14 bits per heavy atom. The number of rotatable bonds is 8. The fourth-order valence-corrected chi connectivity index (χ4v) is 3.16. The molecule has 0 aliphatic heterocycles. The third-order valence-electron chi connectivity index (χ3n) is 2.79. The van der Waals surface area contributed by atoms with Gasteiger partial charge in [0.05, 0.1) is 23.1 Å². The molecule has 0 aliphatic carbocycles. The molecule has 1 atom stereocenters. The summed E-state index contributed by atoms with van der Waals surface area (Å²) in [6.07, 6.45) is 0.402. The lowest BCUT2D eigenvalue weighted by Crippen LogP contribution is -2.45. The standard InChI is InChI=1S/C13H19ClN2O5S/c1-9(13(18)15-6-3-7-17)16-22(19,20)10-4-5-12(21-2)11(14)8-10/h4-5,8-9,16-17H,3,6-7H2,1-2H3,(H,15,18)/t9-/m1/s1. The lowest BCUT2D eigenvalue weighted by Gasteiger charge is -2.15. The first kappa shape index (κ1) is 18.7.